The summed E-state index contributed by atoms with van der Waals surface area (Å²) >= 11 is 1.64. The number of thiazole rings is 1. The fourth-order valence-electron chi connectivity index (χ4n) is 3.11. The van der Waals surface area contributed by atoms with Crippen molar-refractivity contribution in [2.45, 2.75) is 48.5 Å². The van der Waals surface area contributed by atoms with Crippen LogP contribution in [0, 0.1) is 20.8 Å². The normalized spacial score (nSPS) is 9.94. The van der Waals surface area contributed by atoms with Crippen molar-refractivity contribution in [2.24, 2.45) is 0 Å². The van der Waals surface area contributed by atoms with Crippen molar-refractivity contribution in [2.75, 3.05) is 12.4 Å². The minimum Gasteiger partial charge on any atom is -0.495 e. The fraction of sp³-hybridized carbons (Fsp3) is 0.296. The van der Waals surface area contributed by atoms with Gasteiger partial charge in [-0.05, 0) is 50.1 Å². The van der Waals surface area contributed by atoms with Crippen LogP contribution in [0.15, 0.2) is 53.5 Å². The minimum absolute atomic E-state index is 0.406. The molecule has 0 bridgehead atoms. The lowest BCUT2D eigenvalue weighted by Crippen LogP contribution is -2.00. The summed E-state index contributed by atoms with van der Waals surface area (Å²) in [7, 11) is 1.64. The molecule has 0 radical (unpaired) electrons. The second-order valence-electron chi connectivity index (χ2n) is 6.79. The lowest BCUT2D eigenvalue weighted by atomic mass is 10.1. The van der Waals surface area contributed by atoms with Gasteiger partial charge >= 0.3 is 0 Å². The Balaban J connectivity index is 0.000000914. The highest BCUT2D eigenvalue weighted by Crippen LogP contribution is 2.35. The van der Waals surface area contributed by atoms with Crippen LogP contribution < -0.4 is 14.8 Å². The third-order valence-electron chi connectivity index (χ3n) is 4.61. The minimum atomic E-state index is 0.406. The van der Waals surface area contributed by atoms with E-state index in [4.69, 9.17) is 13.9 Å². The number of methoxy groups -OCH3 is 1. The van der Waals surface area contributed by atoms with Gasteiger partial charge in [-0.2, -0.15) is 0 Å². The van der Waals surface area contributed by atoms with Crippen molar-refractivity contribution in [1.29, 1.82) is 0 Å². The van der Waals surface area contributed by atoms with E-state index in [1.54, 1.807) is 24.5 Å². The molecule has 176 valence electrons. The first-order chi connectivity index (χ1) is 15.9. The highest BCUT2D eigenvalue weighted by molar-refractivity contribution is 7.18. The molecule has 0 unspecified atom stereocenters. The van der Waals surface area contributed by atoms with Gasteiger partial charge < -0.3 is 19.2 Å². The Bertz CT molecular complexity index is 1210. The van der Waals surface area contributed by atoms with Crippen LogP contribution in [0.2, 0.25) is 0 Å². The highest BCUT2D eigenvalue weighted by Gasteiger charge is 2.13. The van der Waals surface area contributed by atoms with Crippen LogP contribution in [0.25, 0.3) is 15.9 Å². The van der Waals surface area contributed by atoms with Gasteiger partial charge in [0.25, 0.3) is 5.95 Å². The highest BCUT2D eigenvalue weighted by atomic mass is 32.1. The van der Waals surface area contributed by atoms with Crippen molar-refractivity contribution < 1.29 is 13.9 Å². The smallest absolute Gasteiger partial charge is 0.290 e. The zero-order valence-electron chi connectivity index (χ0n) is 20.8. The van der Waals surface area contributed by atoms with Gasteiger partial charge in [0.1, 0.15) is 11.5 Å². The van der Waals surface area contributed by atoms with E-state index in [0.29, 0.717) is 17.4 Å². The molecule has 0 aliphatic rings. The van der Waals surface area contributed by atoms with Crippen molar-refractivity contribution in [1.82, 2.24) is 4.98 Å². The molecule has 0 spiro atoms. The third kappa shape index (κ3) is 6.17. The predicted octanol–water partition coefficient (Wildman–Crippen LogP) is 8.75. The van der Waals surface area contributed by atoms with E-state index in [1.165, 1.54) is 0 Å². The van der Waals surface area contributed by atoms with Crippen LogP contribution in [-0.4, -0.2) is 12.1 Å². The molecule has 0 amide bonds. The summed E-state index contributed by atoms with van der Waals surface area (Å²) < 4.78 is 18.4. The Morgan fingerprint density at radius 1 is 0.970 bits per heavy atom. The van der Waals surface area contributed by atoms with Crippen LogP contribution in [-0.2, 0) is 0 Å². The molecule has 2 heterocycles. The molecule has 4 rings (SSSR count). The number of fused-ring (bicyclic) bond motifs is 1. The monoisotopic (exact) mass is 466 g/mol. The zero-order valence-corrected chi connectivity index (χ0v) is 21.6. The zero-order chi connectivity index (χ0) is 24.5. The fourth-order valence-corrected chi connectivity index (χ4v) is 3.95. The van der Waals surface area contributed by atoms with Crippen LogP contribution in [0.1, 0.15) is 49.6 Å². The summed E-state index contributed by atoms with van der Waals surface area (Å²) in [5.41, 5.74) is 4.53. The number of ether oxygens (including phenoxy) is 2. The SMILES string of the molecule is C=C(Nc1c(C)cccc1OC)c1ccc(Oc2cc3sc(C)nc3cc2C)o1.CC.CC. The van der Waals surface area contributed by atoms with Crippen LogP contribution in [0.5, 0.6) is 17.4 Å². The first kappa shape index (κ1) is 26.0. The number of para-hydroxylation sites is 1. The Hall–Kier alpha value is -3.25. The first-order valence-corrected chi connectivity index (χ1v) is 12.0. The summed E-state index contributed by atoms with van der Waals surface area (Å²) in [4.78, 5) is 4.52. The second-order valence-corrected chi connectivity index (χ2v) is 8.03. The van der Waals surface area contributed by atoms with E-state index in [-0.39, 0.29) is 0 Å². The Labute approximate surface area is 201 Å². The number of hydrogen-bond donors (Lipinski definition) is 1. The topological polar surface area (TPSA) is 56.5 Å². The van der Waals surface area contributed by atoms with Gasteiger partial charge in [-0.25, -0.2) is 4.98 Å². The van der Waals surface area contributed by atoms with E-state index in [2.05, 4.69) is 16.9 Å². The molecule has 0 aliphatic carbocycles. The molecule has 4 aromatic rings. The summed E-state index contributed by atoms with van der Waals surface area (Å²) in [6.07, 6.45) is 0. The van der Waals surface area contributed by atoms with Gasteiger partial charge in [0.15, 0.2) is 5.76 Å². The molecule has 5 nitrogen and oxygen atoms in total. The number of hydrogen-bond acceptors (Lipinski definition) is 6. The van der Waals surface area contributed by atoms with Gasteiger partial charge in [-0.3, -0.25) is 0 Å². The first-order valence-electron chi connectivity index (χ1n) is 11.2. The molecule has 33 heavy (non-hydrogen) atoms. The van der Waals surface area contributed by atoms with E-state index in [9.17, 15) is 0 Å². The Kier molecular flexibility index (Phi) is 9.55. The van der Waals surface area contributed by atoms with E-state index in [1.807, 2.05) is 84.9 Å². The summed E-state index contributed by atoms with van der Waals surface area (Å²) in [6.45, 7) is 18.1. The molecule has 0 aliphatic heterocycles. The number of nitrogens with zero attached hydrogens (tertiary/aromatic N) is 1. The largest absolute Gasteiger partial charge is 0.495 e. The standard InChI is InChI=1S/C23H22N2O3S.2C2H6/c1-13-7-6-8-19(26-5)23(13)24-15(3)18-9-10-22(27-18)28-20-12-21-17(11-14(20)2)25-16(4)29-21;2*1-2/h6-12,24H,3H2,1-2,4-5H3;2*1-2H3. The van der Waals surface area contributed by atoms with Gasteiger partial charge in [0, 0.05) is 12.1 Å². The van der Waals surface area contributed by atoms with Crippen LogP contribution in [0.4, 0.5) is 5.69 Å². The lowest BCUT2D eigenvalue weighted by molar-refractivity contribution is 0.342. The molecule has 0 atom stereocenters. The molecular weight excluding hydrogens is 432 g/mol. The average Bonchev–Trinajstić information content (AvgIpc) is 3.43. The maximum absolute atomic E-state index is 5.99. The third-order valence-corrected chi connectivity index (χ3v) is 5.55. The van der Waals surface area contributed by atoms with Gasteiger partial charge in [-0.1, -0.05) is 46.4 Å². The average molecular weight is 467 g/mol. The molecule has 2 aromatic heterocycles. The van der Waals surface area contributed by atoms with Gasteiger partial charge in [0.2, 0.25) is 0 Å². The summed E-state index contributed by atoms with van der Waals surface area (Å²) in [6, 6.07) is 13.5. The number of aromatic nitrogens is 1. The van der Waals surface area contributed by atoms with Crippen LogP contribution in [0.3, 0.4) is 0 Å². The molecule has 1 N–H and O–H groups in total. The number of rotatable bonds is 6. The number of nitrogens with one attached hydrogen (secondary N) is 1. The van der Waals surface area contributed by atoms with E-state index < -0.39 is 0 Å². The van der Waals surface area contributed by atoms with Gasteiger partial charge in [0.05, 0.1) is 33.7 Å². The number of anilines is 1. The molecule has 2 aromatic carbocycles. The molecule has 0 fully saturated rings. The van der Waals surface area contributed by atoms with Crippen molar-refractivity contribution >= 4 is 32.9 Å². The summed E-state index contributed by atoms with van der Waals surface area (Å²) in [5, 5.41) is 4.32. The maximum atomic E-state index is 5.99. The number of benzene rings is 2. The maximum Gasteiger partial charge on any atom is 0.290 e. The Morgan fingerprint density at radius 2 is 1.70 bits per heavy atom. The molecule has 6 heteroatoms. The predicted molar refractivity (Wildman–Crippen MR) is 141 cm³/mol. The van der Waals surface area contributed by atoms with Crippen molar-refractivity contribution in [3.8, 4) is 17.4 Å². The van der Waals surface area contributed by atoms with Gasteiger partial charge in [-0.15, -0.1) is 11.3 Å². The number of furan rings is 1. The van der Waals surface area contributed by atoms with Crippen LogP contribution >= 0.6 is 11.3 Å². The second kappa shape index (κ2) is 12.1. The molecule has 0 saturated heterocycles. The summed E-state index contributed by atoms with van der Waals surface area (Å²) in [5.74, 6) is 2.50. The van der Waals surface area contributed by atoms with E-state index in [0.717, 1.165) is 43.5 Å². The number of aryl methyl sites for hydroxylation is 3. The quantitative estimate of drug-likeness (QED) is 0.308. The Morgan fingerprint density at radius 3 is 2.39 bits per heavy atom. The van der Waals surface area contributed by atoms with E-state index >= 15 is 0 Å². The molecular formula is C27H34N2O3S. The van der Waals surface area contributed by atoms with Crippen molar-refractivity contribution in [3.63, 3.8) is 0 Å². The lowest BCUT2D eigenvalue weighted by Gasteiger charge is -2.14. The van der Waals surface area contributed by atoms with Crippen molar-refractivity contribution in [3.05, 3.63) is 70.9 Å². The molecule has 0 saturated carbocycles.